The number of hydrogen-bond acceptors (Lipinski definition) is 2. The molecule has 1 N–H and O–H groups in total. The van der Waals surface area contributed by atoms with Crippen molar-refractivity contribution in [1.29, 1.82) is 0 Å². The summed E-state index contributed by atoms with van der Waals surface area (Å²) in [5.41, 5.74) is 5.37. The fourth-order valence-corrected chi connectivity index (χ4v) is 3.61. The third-order valence-corrected chi connectivity index (χ3v) is 4.95. The van der Waals surface area contributed by atoms with Gasteiger partial charge in [0.15, 0.2) is 0 Å². The Morgan fingerprint density at radius 1 is 1.18 bits per heavy atom. The molecule has 0 amide bonds. The molecule has 0 aliphatic rings. The van der Waals surface area contributed by atoms with Crippen molar-refractivity contribution in [3.63, 3.8) is 0 Å². The van der Waals surface area contributed by atoms with Gasteiger partial charge in [-0.05, 0) is 64.5 Å². The van der Waals surface area contributed by atoms with Gasteiger partial charge in [0, 0.05) is 9.85 Å². The number of hydrogen-bond donors (Lipinski definition) is 1. The maximum Gasteiger partial charge on any atom is 0.0596 e. The molecule has 0 saturated heterocycles. The molecule has 0 radical (unpaired) electrons. The van der Waals surface area contributed by atoms with Crippen molar-refractivity contribution in [3.8, 4) is 0 Å². The summed E-state index contributed by atoms with van der Waals surface area (Å²) < 4.78 is 1.18. The van der Waals surface area contributed by atoms with E-state index in [0.717, 1.165) is 0 Å². The van der Waals surface area contributed by atoms with Crippen LogP contribution < -0.4 is 5.32 Å². The molecule has 17 heavy (non-hydrogen) atoms. The molecule has 0 saturated carbocycles. The first kappa shape index (κ1) is 12.8. The van der Waals surface area contributed by atoms with Gasteiger partial charge in [-0.25, -0.2) is 0 Å². The van der Waals surface area contributed by atoms with E-state index in [1.54, 1.807) is 11.3 Å². The lowest BCUT2D eigenvalue weighted by molar-refractivity contribution is 0.686. The third kappa shape index (κ3) is 2.46. The number of aryl methyl sites for hydroxylation is 1. The van der Waals surface area contributed by atoms with Gasteiger partial charge >= 0.3 is 0 Å². The average molecular weight is 310 g/mol. The van der Waals surface area contributed by atoms with E-state index in [0.29, 0.717) is 0 Å². The van der Waals surface area contributed by atoms with Crippen molar-refractivity contribution in [2.45, 2.75) is 19.9 Å². The van der Waals surface area contributed by atoms with Crippen molar-refractivity contribution in [1.82, 2.24) is 5.32 Å². The topological polar surface area (TPSA) is 12.0 Å². The molecule has 2 aromatic rings. The highest BCUT2D eigenvalue weighted by molar-refractivity contribution is 9.10. The number of halogens is 1. The summed E-state index contributed by atoms with van der Waals surface area (Å²) in [5.74, 6) is 0. The van der Waals surface area contributed by atoms with Crippen LogP contribution in [0.25, 0.3) is 0 Å². The molecule has 1 heterocycles. The van der Waals surface area contributed by atoms with Crippen LogP contribution in [0.2, 0.25) is 0 Å². The maximum absolute atomic E-state index is 3.62. The van der Waals surface area contributed by atoms with Gasteiger partial charge in [-0.3, -0.25) is 0 Å². The number of benzene rings is 1. The lowest BCUT2D eigenvalue weighted by atomic mass is 9.94. The Hall–Kier alpha value is -0.640. The van der Waals surface area contributed by atoms with Gasteiger partial charge < -0.3 is 5.32 Å². The molecule has 1 unspecified atom stereocenters. The third-order valence-electron chi connectivity index (χ3n) is 3.20. The van der Waals surface area contributed by atoms with Crippen LogP contribution >= 0.6 is 27.3 Å². The van der Waals surface area contributed by atoms with Crippen LogP contribution in [0, 0.1) is 13.8 Å². The molecule has 0 spiro atoms. The Labute approximate surface area is 115 Å². The van der Waals surface area contributed by atoms with E-state index in [2.05, 4.69) is 64.1 Å². The molecule has 1 atom stereocenters. The summed E-state index contributed by atoms with van der Waals surface area (Å²) in [7, 11) is 2.01. The molecule has 0 aliphatic heterocycles. The van der Waals surface area contributed by atoms with E-state index in [4.69, 9.17) is 0 Å². The Morgan fingerprint density at radius 3 is 2.53 bits per heavy atom. The molecule has 1 aromatic heterocycles. The van der Waals surface area contributed by atoms with Crippen molar-refractivity contribution in [3.05, 3.63) is 55.7 Å². The molecule has 1 nitrogen and oxygen atoms in total. The van der Waals surface area contributed by atoms with E-state index in [1.165, 1.54) is 26.7 Å². The zero-order valence-corrected chi connectivity index (χ0v) is 12.7. The quantitative estimate of drug-likeness (QED) is 0.884. The van der Waals surface area contributed by atoms with E-state index < -0.39 is 0 Å². The zero-order valence-electron chi connectivity index (χ0n) is 10.3. The minimum atomic E-state index is 0.260. The fraction of sp³-hybridized carbons (Fsp3) is 0.286. The first-order valence-electron chi connectivity index (χ1n) is 5.60. The highest BCUT2D eigenvalue weighted by Crippen LogP contribution is 2.33. The molecule has 0 aliphatic carbocycles. The lowest BCUT2D eigenvalue weighted by Gasteiger charge is -2.20. The van der Waals surface area contributed by atoms with Crippen LogP contribution in [0.1, 0.15) is 28.3 Å². The summed E-state index contributed by atoms with van der Waals surface area (Å²) in [6, 6.07) is 6.75. The predicted molar refractivity (Wildman–Crippen MR) is 78.8 cm³/mol. The minimum absolute atomic E-state index is 0.260. The molecule has 1 aromatic carbocycles. The Bertz CT molecular complexity index is 519. The SMILES string of the molecule is CNC(c1cscc1Br)c1cccc(C)c1C. The van der Waals surface area contributed by atoms with Crippen molar-refractivity contribution in [2.75, 3.05) is 7.05 Å². The molecule has 2 rings (SSSR count). The first-order valence-corrected chi connectivity index (χ1v) is 7.33. The summed E-state index contributed by atoms with van der Waals surface area (Å²) in [6.45, 7) is 4.35. The van der Waals surface area contributed by atoms with Crippen LogP contribution in [-0.4, -0.2) is 7.05 Å². The second-order valence-corrected chi connectivity index (χ2v) is 5.78. The van der Waals surface area contributed by atoms with Crippen LogP contribution in [0.3, 0.4) is 0 Å². The van der Waals surface area contributed by atoms with Gasteiger partial charge in [-0.2, -0.15) is 11.3 Å². The van der Waals surface area contributed by atoms with Gasteiger partial charge in [-0.1, -0.05) is 18.2 Å². The van der Waals surface area contributed by atoms with Crippen molar-refractivity contribution < 1.29 is 0 Å². The first-order chi connectivity index (χ1) is 8.15. The standard InChI is InChI=1S/C14H16BrNS/c1-9-5-4-6-11(10(9)2)14(16-3)12-7-17-8-13(12)15/h4-8,14,16H,1-3H3. The second-order valence-electron chi connectivity index (χ2n) is 4.19. The van der Waals surface area contributed by atoms with Crippen LogP contribution in [0.5, 0.6) is 0 Å². The molecule has 3 heteroatoms. The second kappa shape index (κ2) is 5.34. The summed E-state index contributed by atoms with van der Waals surface area (Å²) in [4.78, 5) is 0. The van der Waals surface area contributed by atoms with Gasteiger partial charge in [0.1, 0.15) is 0 Å². The molecular weight excluding hydrogens is 294 g/mol. The van der Waals surface area contributed by atoms with Crippen molar-refractivity contribution >= 4 is 27.3 Å². The van der Waals surface area contributed by atoms with Gasteiger partial charge in [-0.15, -0.1) is 0 Å². The summed E-state index contributed by atoms with van der Waals surface area (Å²) >= 11 is 5.35. The largest absolute Gasteiger partial charge is 0.309 e. The highest BCUT2D eigenvalue weighted by Gasteiger charge is 2.17. The van der Waals surface area contributed by atoms with Crippen LogP contribution in [0.15, 0.2) is 33.4 Å². The lowest BCUT2D eigenvalue weighted by Crippen LogP contribution is -2.18. The van der Waals surface area contributed by atoms with Crippen molar-refractivity contribution in [2.24, 2.45) is 0 Å². The minimum Gasteiger partial charge on any atom is -0.309 e. The fourth-order valence-electron chi connectivity index (χ4n) is 2.06. The predicted octanol–water partition coefficient (Wildman–Crippen LogP) is 4.44. The van der Waals surface area contributed by atoms with E-state index >= 15 is 0 Å². The van der Waals surface area contributed by atoms with Gasteiger partial charge in [0.05, 0.1) is 6.04 Å². The van der Waals surface area contributed by atoms with E-state index in [1.807, 2.05) is 7.05 Å². The average Bonchev–Trinajstić information content (AvgIpc) is 2.72. The number of rotatable bonds is 3. The van der Waals surface area contributed by atoms with E-state index in [-0.39, 0.29) is 6.04 Å². The zero-order chi connectivity index (χ0) is 12.4. The smallest absolute Gasteiger partial charge is 0.0596 e. The van der Waals surface area contributed by atoms with Crippen LogP contribution in [-0.2, 0) is 0 Å². The normalized spacial score (nSPS) is 12.7. The molecular formula is C14H16BrNS. The van der Waals surface area contributed by atoms with E-state index in [9.17, 15) is 0 Å². The molecule has 90 valence electrons. The number of thiophene rings is 1. The number of nitrogens with one attached hydrogen (secondary N) is 1. The van der Waals surface area contributed by atoms with Gasteiger partial charge in [0.2, 0.25) is 0 Å². The summed E-state index contributed by atoms with van der Waals surface area (Å²) in [5, 5.41) is 7.74. The monoisotopic (exact) mass is 309 g/mol. The maximum atomic E-state index is 3.62. The highest BCUT2D eigenvalue weighted by atomic mass is 79.9. The Balaban J connectivity index is 2.50. The van der Waals surface area contributed by atoms with Crippen LogP contribution in [0.4, 0.5) is 0 Å². The molecule has 0 bridgehead atoms. The Kier molecular flexibility index (Phi) is 4.02. The Morgan fingerprint density at radius 2 is 1.94 bits per heavy atom. The summed E-state index contributed by atoms with van der Waals surface area (Å²) in [6.07, 6.45) is 0. The molecule has 0 fully saturated rings. The van der Waals surface area contributed by atoms with Gasteiger partial charge in [0.25, 0.3) is 0 Å².